The monoisotopic (exact) mass is 348 g/mol. The normalized spacial score (nSPS) is 20.1. The third kappa shape index (κ3) is 3.33. The zero-order valence-corrected chi connectivity index (χ0v) is 13.6. The summed E-state index contributed by atoms with van der Waals surface area (Å²) < 4.78 is 0. The topological polar surface area (TPSA) is 49.4 Å². The summed E-state index contributed by atoms with van der Waals surface area (Å²) in [6, 6.07) is 16.0. The number of amides is 2. The molecule has 1 aliphatic rings. The van der Waals surface area contributed by atoms with Gasteiger partial charge in [0.1, 0.15) is 11.4 Å². The zero-order valence-electron chi connectivity index (χ0n) is 12.1. The predicted octanol–water partition coefficient (Wildman–Crippen LogP) is 3.10. The lowest BCUT2D eigenvalue weighted by Gasteiger charge is -2.44. The first-order valence-corrected chi connectivity index (χ1v) is 7.94. The van der Waals surface area contributed by atoms with Gasteiger partial charge in [-0.25, -0.2) is 5.01 Å². The van der Waals surface area contributed by atoms with Gasteiger partial charge in [0.25, 0.3) is 5.91 Å². The highest BCUT2D eigenvalue weighted by atomic mass is 35.5. The molecule has 3 rings (SSSR count). The highest BCUT2D eigenvalue weighted by molar-refractivity contribution is 6.33. The molecule has 23 heavy (non-hydrogen) atoms. The Morgan fingerprint density at radius 3 is 2.39 bits per heavy atom. The molecule has 4 nitrogen and oxygen atoms in total. The lowest BCUT2D eigenvalue weighted by molar-refractivity contribution is -0.156. The molecule has 0 radical (unpaired) electrons. The summed E-state index contributed by atoms with van der Waals surface area (Å²) in [4.78, 5) is 24.1. The van der Waals surface area contributed by atoms with Crippen molar-refractivity contribution in [3.05, 3.63) is 70.7 Å². The summed E-state index contributed by atoms with van der Waals surface area (Å²) in [6.45, 7) is 0. The van der Waals surface area contributed by atoms with Crippen LogP contribution in [0.5, 0.6) is 0 Å². The van der Waals surface area contributed by atoms with E-state index in [0.717, 1.165) is 11.1 Å². The Bertz CT molecular complexity index is 719. The predicted molar refractivity (Wildman–Crippen MR) is 89.0 cm³/mol. The number of alkyl halides is 1. The SMILES string of the molecule is O=C(Cc1ccccc1)NN1C(=O)[C@@H](Cl)[C@H]1c1ccc(Cl)cc1. The van der Waals surface area contributed by atoms with Crippen molar-refractivity contribution in [2.45, 2.75) is 17.8 Å². The first kappa shape index (κ1) is 15.8. The molecular formula is C17H14Cl2N2O2. The Kier molecular flexibility index (Phi) is 4.55. The van der Waals surface area contributed by atoms with E-state index in [1.807, 2.05) is 30.3 Å². The molecule has 1 heterocycles. The Morgan fingerprint density at radius 1 is 1.09 bits per heavy atom. The van der Waals surface area contributed by atoms with E-state index in [1.54, 1.807) is 24.3 Å². The molecular weight excluding hydrogens is 335 g/mol. The summed E-state index contributed by atoms with van der Waals surface area (Å²) in [5.74, 6) is -0.569. The number of rotatable bonds is 4. The largest absolute Gasteiger partial charge is 0.273 e. The smallest absolute Gasteiger partial charge is 0.262 e. The number of hydrazine groups is 1. The Morgan fingerprint density at radius 2 is 1.74 bits per heavy atom. The van der Waals surface area contributed by atoms with E-state index in [-0.39, 0.29) is 24.3 Å². The number of carbonyl (C=O) groups is 2. The van der Waals surface area contributed by atoms with E-state index in [1.165, 1.54) is 5.01 Å². The van der Waals surface area contributed by atoms with Gasteiger partial charge < -0.3 is 0 Å². The minimum atomic E-state index is -0.687. The lowest BCUT2D eigenvalue weighted by atomic mass is 9.95. The average molecular weight is 349 g/mol. The van der Waals surface area contributed by atoms with E-state index >= 15 is 0 Å². The summed E-state index contributed by atoms with van der Waals surface area (Å²) in [7, 11) is 0. The van der Waals surface area contributed by atoms with Crippen LogP contribution in [0.1, 0.15) is 17.2 Å². The van der Waals surface area contributed by atoms with Gasteiger partial charge >= 0.3 is 0 Å². The van der Waals surface area contributed by atoms with E-state index in [2.05, 4.69) is 5.43 Å². The fourth-order valence-electron chi connectivity index (χ4n) is 2.51. The van der Waals surface area contributed by atoms with E-state index in [0.29, 0.717) is 5.02 Å². The minimum absolute atomic E-state index is 0.199. The van der Waals surface area contributed by atoms with Crippen LogP contribution in [0.3, 0.4) is 0 Å². The first-order chi connectivity index (χ1) is 11.1. The molecule has 0 bridgehead atoms. The second kappa shape index (κ2) is 6.60. The van der Waals surface area contributed by atoms with Crippen molar-refractivity contribution in [1.29, 1.82) is 0 Å². The number of hydrogen-bond acceptors (Lipinski definition) is 2. The maximum atomic E-state index is 12.1. The van der Waals surface area contributed by atoms with Gasteiger partial charge in [0, 0.05) is 5.02 Å². The average Bonchev–Trinajstić information content (AvgIpc) is 2.56. The van der Waals surface area contributed by atoms with Crippen LogP contribution in [0.15, 0.2) is 54.6 Å². The molecule has 2 amide bonds. The van der Waals surface area contributed by atoms with Crippen LogP contribution < -0.4 is 5.43 Å². The first-order valence-electron chi connectivity index (χ1n) is 7.12. The summed E-state index contributed by atoms with van der Waals surface area (Å²) >= 11 is 12.0. The number of benzene rings is 2. The van der Waals surface area contributed by atoms with E-state index < -0.39 is 5.38 Å². The molecule has 1 N–H and O–H groups in total. The van der Waals surface area contributed by atoms with Crippen LogP contribution in [-0.2, 0) is 16.0 Å². The number of carbonyl (C=O) groups excluding carboxylic acids is 2. The number of nitrogens with zero attached hydrogens (tertiary/aromatic N) is 1. The van der Waals surface area contributed by atoms with Crippen molar-refractivity contribution < 1.29 is 9.59 Å². The zero-order chi connectivity index (χ0) is 16.4. The second-order valence-corrected chi connectivity index (χ2v) is 6.21. The number of hydrogen-bond donors (Lipinski definition) is 1. The maximum Gasteiger partial charge on any atom is 0.262 e. The van der Waals surface area contributed by atoms with Crippen LogP contribution >= 0.6 is 23.2 Å². The highest BCUT2D eigenvalue weighted by Gasteiger charge is 2.48. The lowest BCUT2D eigenvalue weighted by Crippen LogP contribution is -2.63. The third-order valence-corrected chi connectivity index (χ3v) is 4.37. The van der Waals surface area contributed by atoms with Gasteiger partial charge in [-0.2, -0.15) is 0 Å². The van der Waals surface area contributed by atoms with Crippen molar-refractivity contribution in [2.75, 3.05) is 0 Å². The van der Waals surface area contributed by atoms with Crippen LogP contribution in [0.4, 0.5) is 0 Å². The van der Waals surface area contributed by atoms with Crippen molar-refractivity contribution in [3.63, 3.8) is 0 Å². The molecule has 6 heteroatoms. The van der Waals surface area contributed by atoms with Gasteiger partial charge in [-0.3, -0.25) is 15.0 Å². The Labute approximate surface area is 144 Å². The van der Waals surface area contributed by atoms with E-state index in [4.69, 9.17) is 23.2 Å². The number of nitrogens with one attached hydrogen (secondary N) is 1. The summed E-state index contributed by atoms with van der Waals surface area (Å²) in [5.41, 5.74) is 4.34. The van der Waals surface area contributed by atoms with Crippen LogP contribution in [0.25, 0.3) is 0 Å². The van der Waals surface area contributed by atoms with Crippen molar-refractivity contribution >= 4 is 35.0 Å². The summed E-state index contributed by atoms with van der Waals surface area (Å²) in [5, 5.41) is 1.20. The third-order valence-electron chi connectivity index (χ3n) is 3.69. The van der Waals surface area contributed by atoms with Crippen molar-refractivity contribution in [1.82, 2.24) is 10.4 Å². The van der Waals surface area contributed by atoms with Crippen LogP contribution in [-0.4, -0.2) is 22.2 Å². The Balaban J connectivity index is 1.69. The fourth-order valence-corrected chi connectivity index (χ4v) is 3.00. The molecule has 1 aliphatic heterocycles. The quantitative estimate of drug-likeness (QED) is 0.681. The molecule has 2 aromatic rings. The standard InChI is InChI=1S/C17H14Cl2N2O2/c18-13-8-6-12(7-9-13)16-15(19)17(23)21(16)20-14(22)10-11-4-2-1-3-5-11/h1-9,15-16H,10H2,(H,20,22)/t15-,16+/m0/s1. The molecule has 0 unspecified atom stereocenters. The van der Waals surface area contributed by atoms with E-state index in [9.17, 15) is 9.59 Å². The van der Waals surface area contributed by atoms with Crippen molar-refractivity contribution in [3.8, 4) is 0 Å². The molecule has 0 spiro atoms. The fraction of sp³-hybridized carbons (Fsp3) is 0.176. The molecule has 118 valence electrons. The van der Waals surface area contributed by atoms with Gasteiger partial charge in [-0.15, -0.1) is 11.6 Å². The second-order valence-electron chi connectivity index (χ2n) is 5.30. The molecule has 2 aromatic carbocycles. The number of halogens is 2. The molecule has 0 aliphatic carbocycles. The van der Waals surface area contributed by atoms with Gasteiger partial charge in [0.15, 0.2) is 0 Å². The minimum Gasteiger partial charge on any atom is -0.273 e. The highest BCUT2D eigenvalue weighted by Crippen LogP contribution is 2.37. The molecule has 1 fully saturated rings. The molecule has 0 saturated carbocycles. The van der Waals surface area contributed by atoms with Gasteiger partial charge in [0.05, 0.1) is 6.42 Å². The van der Waals surface area contributed by atoms with Gasteiger partial charge in [-0.1, -0.05) is 54.1 Å². The Hall–Kier alpha value is -2.04. The van der Waals surface area contributed by atoms with Crippen LogP contribution in [0.2, 0.25) is 5.02 Å². The van der Waals surface area contributed by atoms with Crippen LogP contribution in [0, 0.1) is 0 Å². The van der Waals surface area contributed by atoms with Gasteiger partial charge in [-0.05, 0) is 23.3 Å². The number of β-lactam (4-membered cyclic amide) rings is 1. The molecule has 2 atom stereocenters. The molecule has 0 aromatic heterocycles. The summed E-state index contributed by atoms with van der Waals surface area (Å²) in [6.07, 6.45) is 0.199. The van der Waals surface area contributed by atoms with Crippen molar-refractivity contribution in [2.24, 2.45) is 0 Å². The molecule has 1 saturated heterocycles. The van der Waals surface area contributed by atoms with Gasteiger partial charge in [0.2, 0.25) is 5.91 Å². The maximum absolute atomic E-state index is 12.1.